The van der Waals surface area contributed by atoms with E-state index >= 15 is 0 Å². The average molecular weight is 401 g/mol. The van der Waals surface area contributed by atoms with Gasteiger partial charge in [-0.05, 0) is 54.9 Å². The number of anilines is 1. The van der Waals surface area contributed by atoms with Gasteiger partial charge in [-0.15, -0.1) is 0 Å². The summed E-state index contributed by atoms with van der Waals surface area (Å²) in [4.78, 5) is 50.4. The molecule has 0 unspecified atom stereocenters. The molecule has 2 aliphatic rings. The smallest absolute Gasteiger partial charge is 0.337 e. The van der Waals surface area contributed by atoms with E-state index < -0.39 is 23.4 Å². The zero-order valence-electron chi connectivity index (χ0n) is 17.2. The number of rotatable bonds is 4. The second kappa shape index (κ2) is 7.50. The molecular formula is C21H27N3O5. The van der Waals surface area contributed by atoms with Crippen LogP contribution in [0.5, 0.6) is 0 Å². The number of esters is 1. The minimum absolute atomic E-state index is 0.0692. The van der Waals surface area contributed by atoms with Crippen LogP contribution >= 0.6 is 0 Å². The number of carbonyl (C=O) groups is 4. The number of hydrogen-bond donors (Lipinski definition) is 2. The van der Waals surface area contributed by atoms with Crippen molar-refractivity contribution in [2.24, 2.45) is 11.3 Å². The lowest BCUT2D eigenvalue weighted by molar-refractivity contribution is -0.136. The Hall–Kier alpha value is -2.90. The van der Waals surface area contributed by atoms with Gasteiger partial charge in [-0.2, -0.15) is 0 Å². The van der Waals surface area contributed by atoms with Gasteiger partial charge >= 0.3 is 12.0 Å². The van der Waals surface area contributed by atoms with E-state index in [1.807, 2.05) is 0 Å². The molecule has 1 aliphatic carbocycles. The summed E-state index contributed by atoms with van der Waals surface area (Å²) < 4.78 is 4.63. The molecular weight excluding hydrogens is 374 g/mol. The van der Waals surface area contributed by atoms with Gasteiger partial charge in [0.1, 0.15) is 12.1 Å². The number of amides is 4. The molecule has 1 spiro atoms. The van der Waals surface area contributed by atoms with Crippen molar-refractivity contribution in [2.45, 2.75) is 45.6 Å². The highest BCUT2D eigenvalue weighted by molar-refractivity contribution is 6.10. The topological polar surface area (TPSA) is 105 Å². The zero-order valence-corrected chi connectivity index (χ0v) is 17.2. The quantitative estimate of drug-likeness (QED) is 0.596. The lowest BCUT2D eigenvalue weighted by Gasteiger charge is -2.43. The van der Waals surface area contributed by atoms with Crippen LogP contribution in [-0.2, 0) is 14.3 Å². The first-order chi connectivity index (χ1) is 13.5. The van der Waals surface area contributed by atoms with Crippen molar-refractivity contribution in [1.82, 2.24) is 10.2 Å². The Bertz CT molecular complexity index is 848. The number of imide groups is 1. The van der Waals surface area contributed by atoms with Crippen molar-refractivity contribution in [3.8, 4) is 0 Å². The molecule has 1 aromatic carbocycles. The predicted molar refractivity (Wildman–Crippen MR) is 106 cm³/mol. The fourth-order valence-corrected chi connectivity index (χ4v) is 4.80. The maximum absolute atomic E-state index is 13.1. The molecule has 8 nitrogen and oxygen atoms in total. The summed E-state index contributed by atoms with van der Waals surface area (Å²) in [5, 5.41) is 5.50. The van der Waals surface area contributed by atoms with Gasteiger partial charge in [0.15, 0.2) is 0 Å². The maximum Gasteiger partial charge on any atom is 0.337 e. The molecule has 1 aromatic rings. The SMILES string of the molecule is COC(=O)c1ccc(NC(=O)CN2C(=O)N[C@]3(C[C@@H](C)CC(C)(C)C3)C2=O)cc1. The number of methoxy groups -OCH3 is 1. The van der Waals surface area contributed by atoms with Gasteiger partial charge in [0.25, 0.3) is 5.91 Å². The second-order valence-electron chi connectivity index (χ2n) is 8.88. The zero-order chi connectivity index (χ0) is 21.4. The van der Waals surface area contributed by atoms with E-state index in [-0.39, 0.29) is 17.9 Å². The average Bonchev–Trinajstić information content (AvgIpc) is 2.83. The van der Waals surface area contributed by atoms with Crippen LogP contribution in [0.3, 0.4) is 0 Å². The number of nitrogens with zero attached hydrogens (tertiary/aromatic N) is 1. The van der Waals surface area contributed by atoms with E-state index in [0.29, 0.717) is 30.0 Å². The molecule has 2 atom stereocenters. The first kappa shape index (κ1) is 20.8. The summed E-state index contributed by atoms with van der Waals surface area (Å²) in [6, 6.07) is 5.63. The molecule has 2 N–H and O–H groups in total. The van der Waals surface area contributed by atoms with Gasteiger partial charge in [-0.1, -0.05) is 20.8 Å². The molecule has 1 heterocycles. The fourth-order valence-electron chi connectivity index (χ4n) is 4.80. The van der Waals surface area contributed by atoms with Crippen molar-refractivity contribution < 1.29 is 23.9 Å². The van der Waals surface area contributed by atoms with E-state index in [9.17, 15) is 19.2 Å². The van der Waals surface area contributed by atoms with Gasteiger partial charge in [0.05, 0.1) is 12.7 Å². The van der Waals surface area contributed by atoms with E-state index in [0.717, 1.165) is 11.3 Å². The summed E-state index contributed by atoms with van der Waals surface area (Å²) in [6.07, 6.45) is 2.12. The molecule has 3 rings (SSSR count). The number of carbonyl (C=O) groups excluding carboxylic acids is 4. The predicted octanol–water partition coefficient (Wildman–Crippen LogP) is 2.55. The fraction of sp³-hybridized carbons (Fsp3) is 0.524. The standard InChI is InChI=1S/C21H27N3O5/c1-13-9-20(2,3)12-21(10-13)18(27)24(19(28)23-21)11-16(25)22-15-7-5-14(6-8-15)17(26)29-4/h5-8,13H,9-12H2,1-4H3,(H,22,25)(H,23,28)/t13-,21-/m0/s1. The van der Waals surface area contributed by atoms with Crippen LogP contribution in [0.15, 0.2) is 24.3 Å². The van der Waals surface area contributed by atoms with Crippen LogP contribution < -0.4 is 10.6 Å². The van der Waals surface area contributed by atoms with Crippen LogP contribution in [0, 0.1) is 11.3 Å². The maximum atomic E-state index is 13.1. The summed E-state index contributed by atoms with van der Waals surface area (Å²) in [5.41, 5.74) is -0.187. The highest BCUT2D eigenvalue weighted by Crippen LogP contribution is 2.46. The first-order valence-corrected chi connectivity index (χ1v) is 9.68. The minimum Gasteiger partial charge on any atom is -0.465 e. The lowest BCUT2D eigenvalue weighted by Crippen LogP contribution is -2.54. The third-order valence-electron chi connectivity index (χ3n) is 5.52. The number of benzene rings is 1. The van der Waals surface area contributed by atoms with Crippen molar-refractivity contribution in [1.29, 1.82) is 0 Å². The van der Waals surface area contributed by atoms with Crippen LogP contribution in [0.2, 0.25) is 0 Å². The Morgan fingerprint density at radius 1 is 1.21 bits per heavy atom. The lowest BCUT2D eigenvalue weighted by atomic mass is 9.64. The third-order valence-corrected chi connectivity index (χ3v) is 5.52. The molecule has 0 radical (unpaired) electrons. The van der Waals surface area contributed by atoms with Crippen LogP contribution in [0.4, 0.5) is 10.5 Å². The second-order valence-corrected chi connectivity index (χ2v) is 8.88. The minimum atomic E-state index is -0.930. The molecule has 156 valence electrons. The molecule has 0 aromatic heterocycles. The Kier molecular flexibility index (Phi) is 5.38. The van der Waals surface area contributed by atoms with Crippen molar-refractivity contribution in [3.05, 3.63) is 29.8 Å². The van der Waals surface area contributed by atoms with Crippen molar-refractivity contribution >= 4 is 29.5 Å². The molecule has 1 aliphatic heterocycles. The molecule has 0 bridgehead atoms. The van der Waals surface area contributed by atoms with E-state index in [2.05, 4.69) is 36.1 Å². The Balaban J connectivity index is 1.67. The summed E-state index contributed by atoms with van der Waals surface area (Å²) in [5.74, 6) is -1.000. The molecule has 1 saturated heterocycles. The van der Waals surface area contributed by atoms with Gasteiger partial charge in [0.2, 0.25) is 5.91 Å². The number of nitrogens with one attached hydrogen (secondary N) is 2. The summed E-state index contributed by atoms with van der Waals surface area (Å²) in [6.45, 7) is 5.91. The molecule has 2 fully saturated rings. The highest BCUT2D eigenvalue weighted by atomic mass is 16.5. The van der Waals surface area contributed by atoms with Gasteiger partial charge in [-0.3, -0.25) is 14.5 Å². The largest absolute Gasteiger partial charge is 0.465 e. The first-order valence-electron chi connectivity index (χ1n) is 9.68. The number of urea groups is 1. The number of hydrogen-bond acceptors (Lipinski definition) is 5. The Labute approximate surface area is 170 Å². The molecule has 29 heavy (non-hydrogen) atoms. The third kappa shape index (κ3) is 4.26. The van der Waals surface area contributed by atoms with Gasteiger partial charge in [0, 0.05) is 5.69 Å². The van der Waals surface area contributed by atoms with E-state index in [4.69, 9.17) is 0 Å². The normalized spacial score (nSPS) is 25.7. The molecule has 4 amide bonds. The van der Waals surface area contributed by atoms with E-state index in [1.54, 1.807) is 12.1 Å². The van der Waals surface area contributed by atoms with Crippen molar-refractivity contribution in [2.75, 3.05) is 19.0 Å². The molecule has 1 saturated carbocycles. The van der Waals surface area contributed by atoms with Gasteiger partial charge < -0.3 is 15.4 Å². The van der Waals surface area contributed by atoms with Crippen LogP contribution in [-0.4, -0.2) is 47.9 Å². The summed E-state index contributed by atoms with van der Waals surface area (Å²) in [7, 11) is 1.29. The van der Waals surface area contributed by atoms with Crippen LogP contribution in [0.25, 0.3) is 0 Å². The Morgan fingerprint density at radius 2 is 1.86 bits per heavy atom. The number of ether oxygens (including phenoxy) is 1. The van der Waals surface area contributed by atoms with Crippen LogP contribution in [0.1, 0.15) is 50.4 Å². The molecule has 8 heteroatoms. The van der Waals surface area contributed by atoms with Crippen molar-refractivity contribution in [3.63, 3.8) is 0 Å². The highest BCUT2D eigenvalue weighted by Gasteiger charge is 2.56. The summed E-state index contributed by atoms with van der Waals surface area (Å²) >= 11 is 0. The monoisotopic (exact) mass is 401 g/mol. The Morgan fingerprint density at radius 3 is 2.45 bits per heavy atom. The van der Waals surface area contributed by atoms with Gasteiger partial charge in [-0.25, -0.2) is 9.59 Å². The van der Waals surface area contributed by atoms with E-state index in [1.165, 1.54) is 19.2 Å².